The van der Waals surface area contributed by atoms with Gasteiger partial charge in [-0.2, -0.15) is 0 Å². The summed E-state index contributed by atoms with van der Waals surface area (Å²) in [6, 6.07) is 12.1. The first-order chi connectivity index (χ1) is 4.97. The standard InChI is InChI=1S/C9H7N.Al.Li.4H/c1-2-6-9-8(4-1)5-3-7-10-9;;;;;;/h1-7H;;;;;;. The van der Waals surface area contributed by atoms with Gasteiger partial charge in [0.1, 0.15) is 0 Å². The minimum atomic E-state index is 0. The van der Waals surface area contributed by atoms with Crippen LogP contribution in [0.2, 0.25) is 0 Å². The zero-order valence-corrected chi connectivity index (χ0v) is 5.49. The quantitative estimate of drug-likeness (QED) is 0.517. The van der Waals surface area contributed by atoms with E-state index in [1.54, 1.807) is 0 Å². The Morgan fingerprint density at radius 3 is 2.33 bits per heavy atom. The number of hydrogen-bond donors (Lipinski definition) is 0. The van der Waals surface area contributed by atoms with Crippen molar-refractivity contribution in [3.8, 4) is 0 Å². The van der Waals surface area contributed by atoms with Crippen LogP contribution in [0, 0.1) is 0 Å². The van der Waals surface area contributed by atoms with Crippen LogP contribution in [0.4, 0.5) is 0 Å². The molecule has 56 valence electrons. The normalized spacial score (nSPS) is 8.33. The van der Waals surface area contributed by atoms with E-state index in [9.17, 15) is 0 Å². The van der Waals surface area contributed by atoms with Crippen LogP contribution in [0.15, 0.2) is 42.6 Å². The van der Waals surface area contributed by atoms with E-state index >= 15 is 0 Å². The van der Waals surface area contributed by atoms with E-state index in [-0.39, 0.29) is 36.2 Å². The van der Waals surface area contributed by atoms with Gasteiger partial charge in [0.25, 0.3) is 0 Å². The fraction of sp³-hybridized carbons (Fsp3) is 0. The van der Waals surface area contributed by atoms with Gasteiger partial charge < -0.3 is 0 Å². The predicted octanol–water partition coefficient (Wildman–Crippen LogP) is 0.402. The van der Waals surface area contributed by atoms with Crippen LogP contribution in [0.3, 0.4) is 0 Å². The van der Waals surface area contributed by atoms with Crippen molar-refractivity contribution in [2.45, 2.75) is 0 Å². The predicted molar refractivity (Wildman–Crippen MR) is 58.8 cm³/mol. The van der Waals surface area contributed by atoms with Gasteiger partial charge in [-0.3, -0.25) is 4.98 Å². The fourth-order valence-electron chi connectivity index (χ4n) is 1.02. The molecule has 0 bridgehead atoms. The molecule has 0 saturated carbocycles. The zero-order valence-electron chi connectivity index (χ0n) is 5.49. The molecule has 0 amide bonds. The van der Waals surface area contributed by atoms with Gasteiger partial charge in [0, 0.05) is 11.6 Å². The molecule has 3 heteroatoms. The first-order valence-corrected chi connectivity index (χ1v) is 3.26. The number of aromatic nitrogens is 1. The van der Waals surface area contributed by atoms with Crippen molar-refractivity contribution in [2.75, 3.05) is 0 Å². The van der Waals surface area contributed by atoms with Crippen molar-refractivity contribution < 1.29 is 0 Å². The molecule has 1 aromatic heterocycles. The second-order valence-electron chi connectivity index (χ2n) is 2.20. The van der Waals surface area contributed by atoms with E-state index in [4.69, 9.17) is 0 Å². The topological polar surface area (TPSA) is 12.9 Å². The van der Waals surface area contributed by atoms with Crippen LogP contribution < -0.4 is 0 Å². The van der Waals surface area contributed by atoms with Crippen LogP contribution in [-0.2, 0) is 0 Å². The summed E-state index contributed by atoms with van der Waals surface area (Å²) >= 11 is 0. The van der Waals surface area contributed by atoms with Crippen molar-refractivity contribution in [3.63, 3.8) is 0 Å². The van der Waals surface area contributed by atoms with Gasteiger partial charge >= 0.3 is 18.9 Å². The number of hydrogen-bond acceptors (Lipinski definition) is 1. The maximum Gasteiger partial charge on any atom is 0.0701 e. The summed E-state index contributed by atoms with van der Waals surface area (Å²) in [6.07, 6.45) is 1.81. The molecule has 1 heterocycles. The molecule has 0 N–H and O–H groups in total. The summed E-state index contributed by atoms with van der Waals surface area (Å²) in [5.41, 5.74) is 1.06. The third-order valence-electron chi connectivity index (χ3n) is 1.51. The Hall–Kier alpha value is -0.240. The monoisotopic (exact) mass is 167 g/mol. The van der Waals surface area contributed by atoms with Crippen molar-refractivity contribution in [3.05, 3.63) is 42.6 Å². The first kappa shape index (κ1) is 11.8. The summed E-state index contributed by atoms with van der Waals surface area (Å²) in [5, 5.41) is 1.20. The summed E-state index contributed by atoms with van der Waals surface area (Å²) in [4.78, 5) is 4.18. The van der Waals surface area contributed by atoms with Crippen LogP contribution >= 0.6 is 0 Å². The average molecular weight is 167 g/mol. The zero-order chi connectivity index (χ0) is 6.81. The Bertz CT molecular complexity index is 286. The van der Waals surface area contributed by atoms with Gasteiger partial charge in [-0.1, -0.05) is 24.3 Å². The second kappa shape index (κ2) is 5.41. The second-order valence-corrected chi connectivity index (χ2v) is 2.20. The van der Waals surface area contributed by atoms with E-state index in [0.717, 1.165) is 5.52 Å². The third-order valence-corrected chi connectivity index (χ3v) is 1.51. The minimum absolute atomic E-state index is 0. The number of pyridine rings is 1. The summed E-state index contributed by atoms with van der Waals surface area (Å²) < 4.78 is 0. The number of benzene rings is 1. The van der Waals surface area contributed by atoms with E-state index in [1.807, 2.05) is 30.5 Å². The molecule has 0 spiro atoms. The third kappa shape index (κ3) is 2.37. The van der Waals surface area contributed by atoms with Crippen LogP contribution in [-0.4, -0.2) is 41.2 Å². The van der Waals surface area contributed by atoms with Crippen molar-refractivity contribution in [1.82, 2.24) is 4.98 Å². The van der Waals surface area contributed by atoms with E-state index in [0.29, 0.717) is 0 Å². The molecule has 0 unspecified atom stereocenters. The first-order valence-electron chi connectivity index (χ1n) is 3.26. The average Bonchev–Trinajstić information content (AvgIpc) is 2.05. The Balaban J connectivity index is 0.000000605. The molecule has 1 aromatic carbocycles. The van der Waals surface area contributed by atoms with Gasteiger partial charge in [0.15, 0.2) is 17.4 Å². The molecule has 0 aliphatic heterocycles. The Labute approximate surface area is 94.5 Å². The SMILES string of the molecule is [AlH3].[LiH].c1ccc2ncccc2c1. The van der Waals surface area contributed by atoms with Gasteiger partial charge in [-0.05, 0) is 12.1 Å². The van der Waals surface area contributed by atoms with Gasteiger partial charge in [0.2, 0.25) is 0 Å². The van der Waals surface area contributed by atoms with Crippen LogP contribution in [0.5, 0.6) is 0 Å². The molecule has 2 aromatic rings. The summed E-state index contributed by atoms with van der Waals surface area (Å²) in [7, 11) is 0. The molecule has 0 aliphatic carbocycles. The molecule has 0 radical (unpaired) electrons. The van der Waals surface area contributed by atoms with Crippen molar-refractivity contribution in [2.24, 2.45) is 0 Å². The Kier molecular flexibility index (Phi) is 5.31. The van der Waals surface area contributed by atoms with Crippen molar-refractivity contribution >= 4 is 47.1 Å². The molecule has 1 nitrogen and oxygen atoms in total. The molecular weight excluding hydrogens is 156 g/mol. The Morgan fingerprint density at radius 1 is 0.917 bits per heavy atom. The number of para-hydroxylation sites is 1. The summed E-state index contributed by atoms with van der Waals surface area (Å²) in [5.74, 6) is 0. The molecular formula is C9H11AlLiN. The van der Waals surface area contributed by atoms with E-state index < -0.39 is 0 Å². The molecule has 2 rings (SSSR count). The smallest absolute Gasteiger partial charge is 0.0701 e. The largest absolute Gasteiger partial charge is 0.256 e. The summed E-state index contributed by atoms with van der Waals surface area (Å²) in [6.45, 7) is 0. The maximum atomic E-state index is 4.18. The minimum Gasteiger partial charge on any atom is -0.256 e. The van der Waals surface area contributed by atoms with Gasteiger partial charge in [-0.15, -0.1) is 0 Å². The number of nitrogens with zero attached hydrogens (tertiary/aromatic N) is 1. The molecule has 0 fully saturated rings. The van der Waals surface area contributed by atoms with Crippen molar-refractivity contribution in [1.29, 1.82) is 0 Å². The maximum absolute atomic E-state index is 4.18. The molecule has 0 aliphatic rings. The fourth-order valence-corrected chi connectivity index (χ4v) is 1.02. The molecule has 0 atom stereocenters. The number of rotatable bonds is 0. The van der Waals surface area contributed by atoms with Gasteiger partial charge in [0.05, 0.1) is 5.52 Å². The van der Waals surface area contributed by atoms with E-state index in [2.05, 4.69) is 17.1 Å². The number of fused-ring (bicyclic) bond motifs is 1. The van der Waals surface area contributed by atoms with E-state index in [1.165, 1.54) is 5.39 Å². The van der Waals surface area contributed by atoms with Crippen LogP contribution in [0.25, 0.3) is 10.9 Å². The molecule has 12 heavy (non-hydrogen) atoms. The van der Waals surface area contributed by atoms with Gasteiger partial charge in [-0.25, -0.2) is 0 Å². The van der Waals surface area contributed by atoms with Crippen LogP contribution in [0.1, 0.15) is 0 Å². The Morgan fingerprint density at radius 2 is 1.58 bits per heavy atom. The molecule has 0 saturated heterocycles.